The van der Waals surface area contributed by atoms with Crippen molar-refractivity contribution >= 4 is 0 Å². The molecule has 0 saturated heterocycles. The van der Waals surface area contributed by atoms with Gasteiger partial charge in [-0.15, -0.1) is 0 Å². The molecule has 0 unspecified atom stereocenters. The van der Waals surface area contributed by atoms with Crippen LogP contribution in [0.15, 0.2) is 12.1 Å². The highest BCUT2D eigenvalue weighted by Crippen LogP contribution is 2.38. The van der Waals surface area contributed by atoms with Gasteiger partial charge in [-0.3, -0.25) is 0 Å². The van der Waals surface area contributed by atoms with Crippen molar-refractivity contribution in [2.75, 3.05) is 0 Å². The van der Waals surface area contributed by atoms with Crippen molar-refractivity contribution in [1.29, 1.82) is 0 Å². The van der Waals surface area contributed by atoms with Crippen LogP contribution in [-0.4, -0.2) is 10.7 Å². The highest BCUT2D eigenvalue weighted by molar-refractivity contribution is 5.48. The van der Waals surface area contributed by atoms with Gasteiger partial charge in [0.2, 0.25) is 0 Å². The van der Waals surface area contributed by atoms with Gasteiger partial charge in [0.15, 0.2) is 0 Å². The molecule has 0 radical (unpaired) electrons. The van der Waals surface area contributed by atoms with Crippen LogP contribution in [0.4, 0.5) is 0 Å². The van der Waals surface area contributed by atoms with Crippen molar-refractivity contribution in [3.8, 4) is 5.75 Å². The number of aliphatic hydroxyl groups is 1. The zero-order valence-corrected chi connectivity index (χ0v) is 9.63. The lowest BCUT2D eigenvalue weighted by molar-refractivity contribution is 0.134. The van der Waals surface area contributed by atoms with Gasteiger partial charge in [0.1, 0.15) is 11.4 Å². The summed E-state index contributed by atoms with van der Waals surface area (Å²) in [7, 11) is 0. The average Bonchev–Trinajstić information content (AvgIpc) is 2.50. The molecule has 0 aliphatic carbocycles. The Labute approximate surface area is 90.9 Å². The predicted molar refractivity (Wildman–Crippen MR) is 60.2 cm³/mol. The summed E-state index contributed by atoms with van der Waals surface area (Å²) in [5.41, 5.74) is 3.32. The Morgan fingerprint density at radius 3 is 2.73 bits per heavy atom. The molecule has 1 heterocycles. The molecular weight excluding hydrogens is 188 g/mol. The first-order chi connectivity index (χ1) is 7.05. The maximum absolute atomic E-state index is 9.31. The molecule has 15 heavy (non-hydrogen) atoms. The van der Waals surface area contributed by atoms with Gasteiger partial charge in [0.05, 0.1) is 6.61 Å². The van der Waals surface area contributed by atoms with Crippen LogP contribution < -0.4 is 4.74 Å². The average molecular weight is 206 g/mol. The van der Waals surface area contributed by atoms with Crippen LogP contribution in [0.3, 0.4) is 0 Å². The molecule has 0 spiro atoms. The van der Waals surface area contributed by atoms with E-state index in [0.29, 0.717) is 0 Å². The largest absolute Gasteiger partial charge is 0.487 e. The lowest BCUT2D eigenvalue weighted by Crippen LogP contribution is -2.24. The number of hydrogen-bond acceptors (Lipinski definition) is 2. The Bertz CT molecular complexity index is 380. The van der Waals surface area contributed by atoms with Crippen molar-refractivity contribution in [3.05, 3.63) is 28.8 Å². The molecule has 0 saturated carbocycles. The first-order valence-electron chi connectivity index (χ1n) is 5.50. The highest BCUT2D eigenvalue weighted by Gasteiger charge is 2.31. The summed E-state index contributed by atoms with van der Waals surface area (Å²) in [5, 5.41) is 9.31. The fourth-order valence-corrected chi connectivity index (χ4v) is 2.18. The van der Waals surface area contributed by atoms with E-state index in [1.807, 2.05) is 6.07 Å². The van der Waals surface area contributed by atoms with Crippen LogP contribution in [0.25, 0.3) is 0 Å². The number of fused-ring (bicyclic) bond motifs is 1. The Hall–Kier alpha value is -1.02. The van der Waals surface area contributed by atoms with E-state index in [1.54, 1.807) is 0 Å². The molecule has 0 atom stereocenters. The van der Waals surface area contributed by atoms with Crippen LogP contribution in [0, 0.1) is 0 Å². The summed E-state index contributed by atoms with van der Waals surface area (Å²) < 4.78 is 5.86. The smallest absolute Gasteiger partial charge is 0.128 e. The summed E-state index contributed by atoms with van der Waals surface area (Å²) in [6.07, 6.45) is 1.93. The van der Waals surface area contributed by atoms with Crippen molar-refractivity contribution in [2.24, 2.45) is 0 Å². The third-order valence-corrected chi connectivity index (χ3v) is 2.88. The molecule has 0 amide bonds. The van der Waals surface area contributed by atoms with E-state index in [0.717, 1.165) is 24.2 Å². The van der Waals surface area contributed by atoms with Crippen LogP contribution in [0.2, 0.25) is 0 Å². The maximum Gasteiger partial charge on any atom is 0.128 e. The van der Waals surface area contributed by atoms with Crippen molar-refractivity contribution in [2.45, 2.75) is 45.8 Å². The molecule has 2 nitrogen and oxygen atoms in total. The Morgan fingerprint density at radius 2 is 2.13 bits per heavy atom. The first kappa shape index (κ1) is 10.5. The number of aryl methyl sites for hydroxylation is 1. The number of ether oxygens (including phenoxy) is 1. The van der Waals surface area contributed by atoms with Gasteiger partial charge < -0.3 is 9.84 Å². The van der Waals surface area contributed by atoms with Gasteiger partial charge in [0, 0.05) is 12.0 Å². The molecule has 1 N–H and O–H groups in total. The van der Waals surface area contributed by atoms with Gasteiger partial charge in [-0.2, -0.15) is 0 Å². The maximum atomic E-state index is 9.31. The van der Waals surface area contributed by atoms with E-state index >= 15 is 0 Å². The minimum Gasteiger partial charge on any atom is -0.487 e. The number of benzene rings is 1. The lowest BCUT2D eigenvalue weighted by atomic mass is 9.97. The topological polar surface area (TPSA) is 29.5 Å². The third-order valence-electron chi connectivity index (χ3n) is 2.88. The standard InChI is InChI=1S/C13H18O2/c1-4-9-5-10-7-13(2,3)15-12(10)11(6-9)8-14/h5-6,14H,4,7-8H2,1-3H3. The van der Waals surface area contributed by atoms with Gasteiger partial charge in [-0.1, -0.05) is 13.0 Å². The summed E-state index contributed by atoms with van der Waals surface area (Å²) in [6.45, 7) is 6.36. The van der Waals surface area contributed by atoms with E-state index in [4.69, 9.17) is 4.74 Å². The number of aliphatic hydroxyl groups excluding tert-OH is 1. The van der Waals surface area contributed by atoms with Crippen LogP contribution in [0.1, 0.15) is 37.5 Å². The van der Waals surface area contributed by atoms with Crippen molar-refractivity contribution in [3.63, 3.8) is 0 Å². The monoisotopic (exact) mass is 206 g/mol. The molecule has 82 valence electrons. The fourth-order valence-electron chi connectivity index (χ4n) is 2.18. The first-order valence-corrected chi connectivity index (χ1v) is 5.50. The predicted octanol–water partition coefficient (Wildman–Crippen LogP) is 2.45. The summed E-state index contributed by atoms with van der Waals surface area (Å²) in [6, 6.07) is 4.24. The van der Waals surface area contributed by atoms with E-state index < -0.39 is 0 Å². The molecule has 1 aliphatic heterocycles. The SMILES string of the molecule is CCc1cc(CO)c2c(c1)CC(C)(C)O2. The Morgan fingerprint density at radius 1 is 1.40 bits per heavy atom. The minimum atomic E-state index is -0.126. The molecular formula is C13H18O2. The lowest BCUT2D eigenvalue weighted by Gasteiger charge is -2.17. The van der Waals surface area contributed by atoms with E-state index in [-0.39, 0.29) is 12.2 Å². The highest BCUT2D eigenvalue weighted by atomic mass is 16.5. The third kappa shape index (κ3) is 1.86. The second-order valence-corrected chi connectivity index (χ2v) is 4.79. The summed E-state index contributed by atoms with van der Waals surface area (Å²) in [5.74, 6) is 0.903. The molecule has 1 aliphatic rings. The zero-order chi connectivity index (χ0) is 11.1. The van der Waals surface area contributed by atoms with Crippen molar-refractivity contribution < 1.29 is 9.84 Å². The van der Waals surface area contributed by atoms with Gasteiger partial charge in [0.25, 0.3) is 0 Å². The number of rotatable bonds is 2. The van der Waals surface area contributed by atoms with Gasteiger partial charge in [-0.25, -0.2) is 0 Å². The van der Waals surface area contributed by atoms with E-state index in [9.17, 15) is 5.11 Å². The molecule has 0 fully saturated rings. The van der Waals surface area contributed by atoms with E-state index in [1.165, 1.54) is 11.1 Å². The molecule has 2 heteroatoms. The van der Waals surface area contributed by atoms with Gasteiger partial charge >= 0.3 is 0 Å². The van der Waals surface area contributed by atoms with Gasteiger partial charge in [-0.05, 0) is 37.5 Å². The Kier molecular flexibility index (Phi) is 2.47. The number of hydrogen-bond donors (Lipinski definition) is 1. The van der Waals surface area contributed by atoms with Crippen molar-refractivity contribution in [1.82, 2.24) is 0 Å². The normalized spacial score (nSPS) is 17.3. The van der Waals surface area contributed by atoms with Crippen LogP contribution in [-0.2, 0) is 19.4 Å². The minimum absolute atomic E-state index is 0.0618. The second kappa shape index (κ2) is 3.53. The molecule has 0 bridgehead atoms. The summed E-state index contributed by atoms with van der Waals surface area (Å²) in [4.78, 5) is 0. The summed E-state index contributed by atoms with van der Waals surface area (Å²) >= 11 is 0. The van der Waals surface area contributed by atoms with E-state index in [2.05, 4.69) is 26.8 Å². The quantitative estimate of drug-likeness (QED) is 0.805. The van der Waals surface area contributed by atoms with Crippen LogP contribution in [0.5, 0.6) is 5.75 Å². The molecule has 1 aromatic rings. The molecule has 2 rings (SSSR count). The molecule has 1 aromatic carbocycles. The second-order valence-electron chi connectivity index (χ2n) is 4.79. The van der Waals surface area contributed by atoms with Crippen LogP contribution >= 0.6 is 0 Å². The fraction of sp³-hybridized carbons (Fsp3) is 0.538. The molecule has 0 aromatic heterocycles. The zero-order valence-electron chi connectivity index (χ0n) is 9.63. The Balaban J connectivity index is 2.48.